The van der Waals surface area contributed by atoms with E-state index in [0.717, 1.165) is 23.1 Å². The van der Waals surface area contributed by atoms with E-state index in [1.165, 1.54) is 0 Å². The molecule has 1 aliphatic rings. The van der Waals surface area contributed by atoms with Crippen LogP contribution in [0.3, 0.4) is 0 Å². The fourth-order valence-corrected chi connectivity index (χ4v) is 2.54. The van der Waals surface area contributed by atoms with Crippen molar-refractivity contribution in [1.29, 1.82) is 0 Å². The highest BCUT2D eigenvalue weighted by Crippen LogP contribution is 2.33. The van der Waals surface area contributed by atoms with Gasteiger partial charge in [0.2, 0.25) is 5.91 Å². The number of ether oxygens (including phenoxy) is 1. The molecule has 0 spiro atoms. The molecule has 2 N–H and O–H groups in total. The van der Waals surface area contributed by atoms with Crippen molar-refractivity contribution < 1.29 is 14.6 Å². The molecular weight excluding hydrogens is 322 g/mol. The van der Waals surface area contributed by atoms with Gasteiger partial charge in [0.05, 0.1) is 13.0 Å². The fourth-order valence-electron chi connectivity index (χ4n) is 2.16. The van der Waals surface area contributed by atoms with Crippen molar-refractivity contribution in [3.63, 3.8) is 0 Å². The van der Waals surface area contributed by atoms with Crippen LogP contribution in [-0.2, 0) is 4.79 Å². The number of carbonyl (C=O) groups excluding carboxylic acids is 1. The SMILES string of the molecule is O=C(CCOc1cccc(Br)c1)NC(CCO)C1CC1. The van der Waals surface area contributed by atoms with E-state index < -0.39 is 0 Å². The summed E-state index contributed by atoms with van der Waals surface area (Å²) < 4.78 is 6.49. The first kappa shape index (κ1) is 15.3. The summed E-state index contributed by atoms with van der Waals surface area (Å²) in [5.74, 6) is 1.30. The van der Waals surface area contributed by atoms with Crippen LogP contribution in [-0.4, -0.2) is 30.3 Å². The van der Waals surface area contributed by atoms with Crippen LogP contribution >= 0.6 is 15.9 Å². The van der Waals surface area contributed by atoms with Crippen molar-refractivity contribution in [3.05, 3.63) is 28.7 Å². The summed E-state index contributed by atoms with van der Waals surface area (Å²) in [7, 11) is 0. The summed E-state index contributed by atoms with van der Waals surface area (Å²) in [5.41, 5.74) is 0. The molecule has 1 aliphatic carbocycles. The van der Waals surface area contributed by atoms with Crippen LogP contribution in [0.1, 0.15) is 25.7 Å². The normalized spacial score (nSPS) is 15.7. The van der Waals surface area contributed by atoms with Crippen molar-refractivity contribution in [2.24, 2.45) is 5.92 Å². The number of carbonyl (C=O) groups is 1. The number of aliphatic hydroxyl groups is 1. The second-order valence-electron chi connectivity index (χ2n) is 5.08. The Morgan fingerprint density at radius 2 is 2.30 bits per heavy atom. The van der Waals surface area contributed by atoms with Gasteiger partial charge in [0.1, 0.15) is 5.75 Å². The number of amides is 1. The first-order valence-corrected chi connectivity index (χ1v) is 7.77. The quantitative estimate of drug-likeness (QED) is 0.763. The smallest absolute Gasteiger partial charge is 0.223 e. The largest absolute Gasteiger partial charge is 0.493 e. The van der Waals surface area contributed by atoms with Gasteiger partial charge in [-0.3, -0.25) is 4.79 Å². The number of nitrogens with one attached hydrogen (secondary N) is 1. The minimum atomic E-state index is -0.00894. The molecule has 5 heteroatoms. The van der Waals surface area contributed by atoms with Crippen molar-refractivity contribution in [2.75, 3.05) is 13.2 Å². The molecule has 4 nitrogen and oxygen atoms in total. The first-order valence-electron chi connectivity index (χ1n) is 6.97. The van der Waals surface area contributed by atoms with Crippen LogP contribution in [0.2, 0.25) is 0 Å². The van der Waals surface area contributed by atoms with E-state index in [4.69, 9.17) is 9.84 Å². The lowest BCUT2D eigenvalue weighted by molar-refractivity contribution is -0.122. The molecule has 0 heterocycles. The molecule has 1 fully saturated rings. The molecule has 0 aromatic heterocycles. The predicted molar refractivity (Wildman–Crippen MR) is 80.6 cm³/mol. The lowest BCUT2D eigenvalue weighted by Gasteiger charge is -2.17. The molecule has 20 heavy (non-hydrogen) atoms. The van der Waals surface area contributed by atoms with Gasteiger partial charge in [0.15, 0.2) is 0 Å². The van der Waals surface area contributed by atoms with Crippen LogP contribution in [0.5, 0.6) is 5.75 Å². The van der Waals surface area contributed by atoms with Crippen molar-refractivity contribution in [2.45, 2.75) is 31.7 Å². The van der Waals surface area contributed by atoms with Gasteiger partial charge < -0.3 is 15.2 Å². The van der Waals surface area contributed by atoms with Crippen molar-refractivity contribution in [3.8, 4) is 5.75 Å². The second-order valence-corrected chi connectivity index (χ2v) is 6.00. The third-order valence-corrected chi connectivity index (χ3v) is 3.86. The van der Waals surface area contributed by atoms with Crippen molar-refractivity contribution >= 4 is 21.8 Å². The molecule has 1 aromatic carbocycles. The number of aliphatic hydroxyl groups excluding tert-OH is 1. The molecule has 0 bridgehead atoms. The molecule has 0 radical (unpaired) electrons. The summed E-state index contributed by atoms with van der Waals surface area (Å²) in [6.07, 6.45) is 3.28. The Kier molecular flexibility index (Phi) is 5.86. The lowest BCUT2D eigenvalue weighted by atomic mass is 10.1. The van der Waals surface area contributed by atoms with Gasteiger partial charge >= 0.3 is 0 Å². The highest BCUT2D eigenvalue weighted by molar-refractivity contribution is 9.10. The van der Waals surface area contributed by atoms with Gasteiger partial charge in [0.25, 0.3) is 0 Å². The zero-order valence-corrected chi connectivity index (χ0v) is 12.9. The Labute approximate surface area is 127 Å². The number of benzene rings is 1. The molecule has 1 unspecified atom stereocenters. The minimum absolute atomic E-state index is 0.00894. The summed E-state index contributed by atoms with van der Waals surface area (Å²) in [4.78, 5) is 11.8. The van der Waals surface area contributed by atoms with E-state index in [-0.39, 0.29) is 18.6 Å². The number of hydrogen-bond acceptors (Lipinski definition) is 3. The van der Waals surface area contributed by atoms with Crippen LogP contribution in [0.25, 0.3) is 0 Å². The van der Waals surface area contributed by atoms with Gasteiger partial charge in [-0.25, -0.2) is 0 Å². The molecule has 1 aromatic rings. The van der Waals surface area contributed by atoms with E-state index in [0.29, 0.717) is 25.4 Å². The molecular formula is C15H20BrNO3. The summed E-state index contributed by atoms with van der Waals surface area (Å²) in [6, 6.07) is 7.68. The molecule has 110 valence electrons. The van der Waals surface area contributed by atoms with E-state index in [1.807, 2.05) is 24.3 Å². The Balaban J connectivity index is 1.69. The summed E-state index contributed by atoms with van der Waals surface area (Å²) in [6.45, 7) is 0.481. The number of hydrogen-bond donors (Lipinski definition) is 2. The monoisotopic (exact) mass is 341 g/mol. The van der Waals surface area contributed by atoms with Crippen LogP contribution in [0.15, 0.2) is 28.7 Å². The van der Waals surface area contributed by atoms with E-state index >= 15 is 0 Å². The van der Waals surface area contributed by atoms with Gasteiger partial charge in [0, 0.05) is 17.1 Å². The van der Waals surface area contributed by atoms with E-state index in [9.17, 15) is 4.79 Å². The topological polar surface area (TPSA) is 58.6 Å². The highest BCUT2D eigenvalue weighted by atomic mass is 79.9. The maximum Gasteiger partial charge on any atom is 0.223 e. The van der Waals surface area contributed by atoms with E-state index in [1.54, 1.807) is 0 Å². The Bertz CT molecular complexity index is 448. The molecule has 0 aliphatic heterocycles. The molecule has 1 amide bonds. The summed E-state index contributed by atoms with van der Waals surface area (Å²) in [5, 5.41) is 12.0. The fraction of sp³-hybridized carbons (Fsp3) is 0.533. The number of halogens is 1. The standard InChI is InChI=1S/C15H20BrNO3/c16-12-2-1-3-13(10-12)20-9-7-15(19)17-14(6-8-18)11-4-5-11/h1-3,10-11,14,18H,4-9H2,(H,17,19). The third-order valence-electron chi connectivity index (χ3n) is 3.37. The van der Waals surface area contributed by atoms with Crippen LogP contribution in [0.4, 0.5) is 0 Å². The van der Waals surface area contributed by atoms with Gasteiger partial charge in [-0.2, -0.15) is 0 Å². The van der Waals surface area contributed by atoms with Crippen LogP contribution < -0.4 is 10.1 Å². The number of rotatable bonds is 8. The maximum atomic E-state index is 11.8. The Morgan fingerprint density at radius 3 is 2.95 bits per heavy atom. The zero-order chi connectivity index (χ0) is 14.4. The molecule has 1 atom stereocenters. The second kappa shape index (κ2) is 7.64. The zero-order valence-electron chi connectivity index (χ0n) is 11.3. The van der Waals surface area contributed by atoms with Gasteiger partial charge in [-0.15, -0.1) is 0 Å². The van der Waals surface area contributed by atoms with Gasteiger partial charge in [-0.05, 0) is 43.4 Å². The van der Waals surface area contributed by atoms with Crippen LogP contribution in [0, 0.1) is 5.92 Å². The average molecular weight is 342 g/mol. The maximum absolute atomic E-state index is 11.8. The summed E-state index contributed by atoms with van der Waals surface area (Å²) >= 11 is 3.37. The minimum Gasteiger partial charge on any atom is -0.493 e. The van der Waals surface area contributed by atoms with Crippen molar-refractivity contribution in [1.82, 2.24) is 5.32 Å². The van der Waals surface area contributed by atoms with E-state index in [2.05, 4.69) is 21.2 Å². The first-order chi connectivity index (χ1) is 9.69. The average Bonchev–Trinajstić information content (AvgIpc) is 3.22. The predicted octanol–water partition coefficient (Wildman–Crippen LogP) is 2.50. The lowest BCUT2D eigenvalue weighted by Crippen LogP contribution is -2.37. The highest BCUT2D eigenvalue weighted by Gasteiger charge is 2.31. The molecule has 2 rings (SSSR count). The Morgan fingerprint density at radius 1 is 1.50 bits per heavy atom. The molecule has 0 saturated heterocycles. The third kappa shape index (κ3) is 5.13. The van der Waals surface area contributed by atoms with Gasteiger partial charge in [-0.1, -0.05) is 22.0 Å². The molecule has 1 saturated carbocycles. The Hall–Kier alpha value is -1.07.